The molecule has 1 aromatic rings. The lowest BCUT2D eigenvalue weighted by molar-refractivity contribution is 0.180. The number of hydrogen-bond acceptors (Lipinski definition) is 4. The molecule has 17 heavy (non-hydrogen) atoms. The zero-order valence-corrected chi connectivity index (χ0v) is 11.3. The van der Waals surface area contributed by atoms with Crippen LogP contribution in [0, 0.1) is 0 Å². The first kappa shape index (κ1) is 12.6. The highest BCUT2D eigenvalue weighted by molar-refractivity contribution is 5.06. The molecule has 0 aliphatic carbocycles. The van der Waals surface area contributed by atoms with Crippen molar-refractivity contribution >= 4 is 0 Å². The molecule has 96 valence electrons. The number of rotatable bonds is 2. The van der Waals surface area contributed by atoms with Gasteiger partial charge in [0.05, 0.1) is 12.7 Å². The Morgan fingerprint density at radius 2 is 2.29 bits per heavy atom. The highest BCUT2D eigenvalue weighted by atomic mass is 16.4. The van der Waals surface area contributed by atoms with Crippen LogP contribution in [0.25, 0.3) is 0 Å². The minimum absolute atomic E-state index is 0.0436. The van der Waals surface area contributed by atoms with Crippen LogP contribution in [0.2, 0.25) is 0 Å². The molecule has 1 aromatic heterocycles. The molecule has 1 aliphatic heterocycles. The van der Waals surface area contributed by atoms with Crippen LogP contribution in [0.4, 0.5) is 0 Å². The first-order chi connectivity index (χ1) is 7.95. The molecule has 1 atom stereocenters. The van der Waals surface area contributed by atoms with Gasteiger partial charge in [0, 0.05) is 31.1 Å². The Hall–Kier alpha value is -0.870. The number of nitrogens with one attached hydrogen (secondary N) is 1. The summed E-state index contributed by atoms with van der Waals surface area (Å²) < 4.78 is 5.81. The van der Waals surface area contributed by atoms with Crippen LogP contribution < -0.4 is 5.32 Å². The van der Waals surface area contributed by atoms with E-state index >= 15 is 0 Å². The quantitative estimate of drug-likeness (QED) is 0.851. The second-order valence-electron chi connectivity index (χ2n) is 5.96. The van der Waals surface area contributed by atoms with E-state index in [4.69, 9.17) is 4.42 Å². The van der Waals surface area contributed by atoms with Crippen LogP contribution in [0.5, 0.6) is 0 Å². The molecule has 0 saturated carbocycles. The summed E-state index contributed by atoms with van der Waals surface area (Å²) in [5.74, 6) is 1.81. The fourth-order valence-corrected chi connectivity index (χ4v) is 2.08. The average molecular weight is 237 g/mol. The predicted molar refractivity (Wildman–Crippen MR) is 67.9 cm³/mol. The summed E-state index contributed by atoms with van der Waals surface area (Å²) in [6.45, 7) is 12.6. The van der Waals surface area contributed by atoms with Crippen molar-refractivity contribution in [2.45, 2.75) is 45.7 Å². The molecule has 1 fully saturated rings. The fourth-order valence-electron chi connectivity index (χ4n) is 2.08. The van der Waals surface area contributed by atoms with E-state index in [0.717, 1.165) is 37.8 Å². The van der Waals surface area contributed by atoms with Crippen molar-refractivity contribution in [3.8, 4) is 0 Å². The van der Waals surface area contributed by atoms with Crippen LogP contribution in [0.15, 0.2) is 10.6 Å². The summed E-state index contributed by atoms with van der Waals surface area (Å²) >= 11 is 0. The van der Waals surface area contributed by atoms with Crippen molar-refractivity contribution in [2.75, 3.05) is 19.6 Å². The van der Waals surface area contributed by atoms with Gasteiger partial charge in [-0.1, -0.05) is 20.8 Å². The van der Waals surface area contributed by atoms with Crippen molar-refractivity contribution in [1.29, 1.82) is 0 Å². The lowest BCUT2D eigenvalue weighted by Gasteiger charge is -2.30. The Labute approximate surface area is 103 Å². The van der Waals surface area contributed by atoms with Crippen molar-refractivity contribution in [3.05, 3.63) is 17.8 Å². The predicted octanol–water partition coefficient (Wildman–Crippen LogP) is 1.77. The maximum atomic E-state index is 5.81. The SMILES string of the molecule is C[C@@H]1CN(Cc2ncc(C(C)(C)C)o2)CCN1. The third kappa shape index (κ3) is 3.30. The Bertz CT molecular complexity index is 367. The van der Waals surface area contributed by atoms with Gasteiger partial charge in [0.25, 0.3) is 0 Å². The molecule has 4 heteroatoms. The van der Waals surface area contributed by atoms with E-state index < -0.39 is 0 Å². The topological polar surface area (TPSA) is 41.3 Å². The Balaban J connectivity index is 1.97. The van der Waals surface area contributed by atoms with E-state index in [1.165, 1.54) is 0 Å². The molecule has 1 aliphatic rings. The van der Waals surface area contributed by atoms with Crippen molar-refractivity contribution < 1.29 is 4.42 Å². The number of hydrogen-bond donors (Lipinski definition) is 1. The molecule has 4 nitrogen and oxygen atoms in total. The van der Waals surface area contributed by atoms with Crippen LogP contribution in [-0.2, 0) is 12.0 Å². The Morgan fingerprint density at radius 3 is 2.88 bits per heavy atom. The van der Waals surface area contributed by atoms with E-state index in [2.05, 4.69) is 42.9 Å². The summed E-state index contributed by atoms with van der Waals surface area (Å²) in [6, 6.07) is 0.556. The molecular formula is C13H23N3O. The van der Waals surface area contributed by atoms with Crippen LogP contribution in [0.1, 0.15) is 39.3 Å². The van der Waals surface area contributed by atoms with Gasteiger partial charge < -0.3 is 9.73 Å². The Morgan fingerprint density at radius 1 is 1.53 bits per heavy atom. The molecule has 0 radical (unpaired) electrons. The van der Waals surface area contributed by atoms with E-state index in [1.54, 1.807) is 0 Å². The van der Waals surface area contributed by atoms with E-state index in [0.29, 0.717) is 6.04 Å². The van der Waals surface area contributed by atoms with E-state index in [9.17, 15) is 0 Å². The molecule has 2 heterocycles. The molecular weight excluding hydrogens is 214 g/mol. The van der Waals surface area contributed by atoms with Crippen LogP contribution >= 0.6 is 0 Å². The smallest absolute Gasteiger partial charge is 0.208 e. The second-order valence-corrected chi connectivity index (χ2v) is 5.96. The minimum Gasteiger partial charge on any atom is -0.444 e. The number of piperazine rings is 1. The maximum Gasteiger partial charge on any atom is 0.208 e. The third-order valence-electron chi connectivity index (χ3n) is 3.10. The standard InChI is InChI=1S/C13H23N3O/c1-10-8-16(6-5-14-10)9-12-15-7-11(17-12)13(2,3)4/h7,10,14H,5-6,8-9H2,1-4H3/t10-/m1/s1. The van der Waals surface area contributed by atoms with Gasteiger partial charge in [0.1, 0.15) is 5.76 Å². The molecule has 0 unspecified atom stereocenters. The van der Waals surface area contributed by atoms with E-state index in [-0.39, 0.29) is 5.41 Å². The zero-order chi connectivity index (χ0) is 12.5. The number of oxazole rings is 1. The van der Waals surface area contributed by atoms with Crippen LogP contribution in [0.3, 0.4) is 0 Å². The number of aromatic nitrogens is 1. The minimum atomic E-state index is 0.0436. The van der Waals surface area contributed by atoms with Gasteiger partial charge in [-0.05, 0) is 6.92 Å². The molecule has 1 saturated heterocycles. The monoisotopic (exact) mass is 237 g/mol. The first-order valence-corrected chi connectivity index (χ1v) is 6.36. The maximum absolute atomic E-state index is 5.81. The molecule has 0 bridgehead atoms. The summed E-state index contributed by atoms with van der Waals surface area (Å²) in [6.07, 6.45) is 1.86. The second kappa shape index (κ2) is 4.78. The molecule has 0 spiro atoms. The summed E-state index contributed by atoms with van der Waals surface area (Å²) in [5, 5.41) is 3.43. The normalized spacial score (nSPS) is 22.9. The van der Waals surface area contributed by atoms with Crippen molar-refractivity contribution in [3.63, 3.8) is 0 Å². The van der Waals surface area contributed by atoms with Crippen molar-refractivity contribution in [2.24, 2.45) is 0 Å². The molecule has 0 amide bonds. The highest BCUT2D eigenvalue weighted by Crippen LogP contribution is 2.23. The number of nitrogens with zero attached hydrogens (tertiary/aromatic N) is 2. The zero-order valence-electron chi connectivity index (χ0n) is 11.3. The largest absolute Gasteiger partial charge is 0.444 e. The molecule has 1 N–H and O–H groups in total. The lowest BCUT2D eigenvalue weighted by atomic mass is 9.94. The Kier molecular flexibility index (Phi) is 3.54. The van der Waals surface area contributed by atoms with Gasteiger partial charge >= 0.3 is 0 Å². The third-order valence-corrected chi connectivity index (χ3v) is 3.10. The van der Waals surface area contributed by atoms with Gasteiger partial charge in [0.2, 0.25) is 5.89 Å². The van der Waals surface area contributed by atoms with Gasteiger partial charge in [-0.25, -0.2) is 4.98 Å². The summed E-state index contributed by atoms with van der Waals surface area (Å²) in [4.78, 5) is 6.76. The van der Waals surface area contributed by atoms with E-state index in [1.807, 2.05) is 6.20 Å². The average Bonchev–Trinajstić information content (AvgIpc) is 2.65. The van der Waals surface area contributed by atoms with Gasteiger partial charge in [0.15, 0.2) is 0 Å². The van der Waals surface area contributed by atoms with Gasteiger partial charge in [-0.2, -0.15) is 0 Å². The molecule has 0 aromatic carbocycles. The highest BCUT2D eigenvalue weighted by Gasteiger charge is 2.21. The summed E-state index contributed by atoms with van der Waals surface area (Å²) in [5.41, 5.74) is 0.0436. The van der Waals surface area contributed by atoms with Crippen molar-refractivity contribution in [1.82, 2.24) is 15.2 Å². The fraction of sp³-hybridized carbons (Fsp3) is 0.769. The molecule has 2 rings (SSSR count). The van der Waals surface area contributed by atoms with Crippen LogP contribution in [-0.4, -0.2) is 35.6 Å². The summed E-state index contributed by atoms with van der Waals surface area (Å²) in [7, 11) is 0. The van der Waals surface area contributed by atoms with Gasteiger partial charge in [-0.15, -0.1) is 0 Å². The van der Waals surface area contributed by atoms with Gasteiger partial charge in [-0.3, -0.25) is 4.90 Å². The first-order valence-electron chi connectivity index (χ1n) is 6.36. The lowest BCUT2D eigenvalue weighted by Crippen LogP contribution is -2.48.